The highest BCUT2D eigenvalue weighted by atomic mass is 16.6. The molecule has 130 valence electrons. The molecule has 6 nitrogen and oxygen atoms in total. The fourth-order valence-corrected chi connectivity index (χ4v) is 2.09. The first-order chi connectivity index (χ1) is 10.7. The van der Waals surface area contributed by atoms with Crippen molar-refractivity contribution in [3.05, 3.63) is 0 Å². The summed E-state index contributed by atoms with van der Waals surface area (Å²) in [5.41, 5.74) is 0. The molecule has 2 N–H and O–H groups in total. The second kappa shape index (κ2) is 15.9. The maximum atomic E-state index is 10.8. The smallest absolute Gasteiger partial charge is 0.406 e. The van der Waals surface area contributed by atoms with E-state index in [2.05, 4.69) is 10.6 Å². The summed E-state index contributed by atoms with van der Waals surface area (Å²) in [5.74, 6) is 0. The van der Waals surface area contributed by atoms with Gasteiger partial charge in [-0.05, 0) is 12.8 Å². The minimum Gasteiger partial charge on any atom is -0.450 e. The zero-order valence-electron chi connectivity index (χ0n) is 14.1. The van der Waals surface area contributed by atoms with Crippen LogP contribution in [0.3, 0.4) is 0 Å². The SMILES string of the molecule is CNC(=O)OCCCCCCCCCCCCOC(=O)NC. The first kappa shape index (κ1) is 20.5. The third-order valence-electron chi connectivity index (χ3n) is 3.41. The molecular formula is C16H32N2O4. The molecular weight excluding hydrogens is 284 g/mol. The standard InChI is InChI=1S/C16H32N2O4/c1-17-15(19)21-13-11-9-7-5-3-4-6-8-10-12-14-22-16(20)18-2/h3-14H2,1-2H3,(H,17,19)(H,18,20). The summed E-state index contributed by atoms with van der Waals surface area (Å²) in [6.07, 6.45) is 10.9. The molecule has 0 rings (SSSR count). The number of alkyl carbamates (subject to hydrolysis) is 2. The van der Waals surface area contributed by atoms with Gasteiger partial charge in [0.15, 0.2) is 0 Å². The summed E-state index contributed by atoms with van der Waals surface area (Å²) in [4.78, 5) is 21.6. The van der Waals surface area contributed by atoms with E-state index in [0.717, 1.165) is 25.7 Å². The molecule has 0 fully saturated rings. The molecule has 0 aliphatic carbocycles. The molecule has 6 heteroatoms. The highest BCUT2D eigenvalue weighted by molar-refractivity contribution is 5.66. The Morgan fingerprint density at radius 3 is 1.14 bits per heavy atom. The lowest BCUT2D eigenvalue weighted by Gasteiger charge is -2.05. The number of amides is 2. The van der Waals surface area contributed by atoms with Crippen molar-refractivity contribution < 1.29 is 19.1 Å². The van der Waals surface area contributed by atoms with Gasteiger partial charge in [-0.15, -0.1) is 0 Å². The van der Waals surface area contributed by atoms with E-state index in [9.17, 15) is 9.59 Å². The van der Waals surface area contributed by atoms with Gasteiger partial charge in [-0.1, -0.05) is 51.4 Å². The molecule has 0 aromatic carbocycles. The number of unbranched alkanes of at least 4 members (excludes halogenated alkanes) is 9. The minimum atomic E-state index is -0.347. The maximum Gasteiger partial charge on any atom is 0.406 e. The van der Waals surface area contributed by atoms with Gasteiger partial charge in [-0.25, -0.2) is 9.59 Å². The lowest BCUT2D eigenvalue weighted by molar-refractivity contribution is 0.145. The molecule has 0 aliphatic heterocycles. The van der Waals surface area contributed by atoms with Crippen LogP contribution in [0, 0.1) is 0 Å². The van der Waals surface area contributed by atoms with Crippen molar-refractivity contribution >= 4 is 12.2 Å². The number of nitrogens with one attached hydrogen (secondary N) is 2. The quantitative estimate of drug-likeness (QED) is 0.509. The van der Waals surface area contributed by atoms with Crippen LogP contribution >= 0.6 is 0 Å². The Labute approximate surface area is 134 Å². The molecule has 0 radical (unpaired) electrons. The predicted octanol–water partition coefficient (Wildman–Crippen LogP) is 3.60. The molecule has 2 amide bonds. The number of rotatable bonds is 13. The van der Waals surface area contributed by atoms with E-state index in [1.807, 2.05) is 0 Å². The third kappa shape index (κ3) is 14.9. The van der Waals surface area contributed by atoms with E-state index in [-0.39, 0.29) is 12.2 Å². The van der Waals surface area contributed by atoms with Crippen LogP contribution in [-0.4, -0.2) is 39.5 Å². The average molecular weight is 316 g/mol. The van der Waals surface area contributed by atoms with Gasteiger partial charge < -0.3 is 20.1 Å². The summed E-state index contributed by atoms with van der Waals surface area (Å²) < 4.78 is 9.84. The summed E-state index contributed by atoms with van der Waals surface area (Å²) in [7, 11) is 3.13. The van der Waals surface area contributed by atoms with Gasteiger partial charge in [0.1, 0.15) is 0 Å². The molecule has 0 aliphatic rings. The normalized spacial score (nSPS) is 10.1. The Morgan fingerprint density at radius 1 is 0.591 bits per heavy atom. The van der Waals surface area contributed by atoms with Crippen LogP contribution in [0.5, 0.6) is 0 Å². The summed E-state index contributed by atoms with van der Waals surface area (Å²) in [6, 6.07) is 0. The van der Waals surface area contributed by atoms with Crippen LogP contribution in [0.2, 0.25) is 0 Å². The van der Waals surface area contributed by atoms with Crippen molar-refractivity contribution in [1.29, 1.82) is 0 Å². The predicted molar refractivity (Wildman–Crippen MR) is 87.0 cm³/mol. The van der Waals surface area contributed by atoms with Gasteiger partial charge in [0, 0.05) is 14.1 Å². The Hall–Kier alpha value is -1.46. The average Bonchev–Trinajstić information content (AvgIpc) is 2.54. The van der Waals surface area contributed by atoms with Crippen molar-refractivity contribution in [1.82, 2.24) is 10.6 Å². The first-order valence-corrected chi connectivity index (χ1v) is 8.39. The van der Waals surface area contributed by atoms with Crippen LogP contribution in [0.1, 0.15) is 64.2 Å². The molecule has 0 atom stereocenters. The molecule has 0 aromatic rings. The largest absolute Gasteiger partial charge is 0.450 e. The Bertz CT molecular complexity index is 257. The van der Waals surface area contributed by atoms with Gasteiger partial charge >= 0.3 is 12.2 Å². The lowest BCUT2D eigenvalue weighted by atomic mass is 10.1. The third-order valence-corrected chi connectivity index (χ3v) is 3.41. The fraction of sp³-hybridized carbons (Fsp3) is 0.875. The lowest BCUT2D eigenvalue weighted by Crippen LogP contribution is -2.19. The van der Waals surface area contributed by atoms with Crippen LogP contribution in [0.25, 0.3) is 0 Å². The van der Waals surface area contributed by atoms with Crippen molar-refractivity contribution in [2.75, 3.05) is 27.3 Å². The summed E-state index contributed by atoms with van der Waals surface area (Å²) in [6.45, 7) is 1.02. The first-order valence-electron chi connectivity index (χ1n) is 8.39. The molecule has 0 bridgehead atoms. The van der Waals surface area contributed by atoms with Crippen LogP contribution < -0.4 is 10.6 Å². The van der Waals surface area contributed by atoms with Crippen LogP contribution in [-0.2, 0) is 9.47 Å². The van der Waals surface area contributed by atoms with E-state index in [4.69, 9.17) is 9.47 Å². The van der Waals surface area contributed by atoms with Crippen molar-refractivity contribution in [3.8, 4) is 0 Å². The zero-order chi connectivity index (χ0) is 16.5. The van der Waals surface area contributed by atoms with E-state index >= 15 is 0 Å². The van der Waals surface area contributed by atoms with E-state index < -0.39 is 0 Å². The van der Waals surface area contributed by atoms with E-state index in [1.165, 1.54) is 38.5 Å². The van der Waals surface area contributed by atoms with E-state index in [0.29, 0.717) is 13.2 Å². The number of ether oxygens (including phenoxy) is 2. The molecule has 22 heavy (non-hydrogen) atoms. The van der Waals surface area contributed by atoms with E-state index in [1.54, 1.807) is 14.1 Å². The number of hydrogen-bond acceptors (Lipinski definition) is 4. The Morgan fingerprint density at radius 2 is 0.864 bits per heavy atom. The maximum absolute atomic E-state index is 10.8. The fourth-order valence-electron chi connectivity index (χ4n) is 2.09. The van der Waals surface area contributed by atoms with Crippen LogP contribution in [0.15, 0.2) is 0 Å². The molecule has 0 saturated carbocycles. The molecule has 0 heterocycles. The second-order valence-electron chi connectivity index (χ2n) is 5.31. The second-order valence-corrected chi connectivity index (χ2v) is 5.31. The topological polar surface area (TPSA) is 76.7 Å². The highest BCUT2D eigenvalue weighted by Crippen LogP contribution is 2.10. The van der Waals surface area contributed by atoms with Gasteiger partial charge in [-0.2, -0.15) is 0 Å². The Balaban J connectivity index is 3.05. The monoisotopic (exact) mass is 316 g/mol. The summed E-state index contributed by atoms with van der Waals surface area (Å²) >= 11 is 0. The summed E-state index contributed by atoms with van der Waals surface area (Å²) in [5, 5.41) is 4.86. The molecule has 0 spiro atoms. The van der Waals surface area contributed by atoms with Crippen LogP contribution in [0.4, 0.5) is 9.59 Å². The number of carbonyl (C=O) groups excluding carboxylic acids is 2. The van der Waals surface area contributed by atoms with Crippen molar-refractivity contribution in [2.24, 2.45) is 0 Å². The Kier molecular flexibility index (Phi) is 14.9. The zero-order valence-corrected chi connectivity index (χ0v) is 14.1. The van der Waals surface area contributed by atoms with Gasteiger partial charge in [0.25, 0.3) is 0 Å². The molecule has 0 unspecified atom stereocenters. The molecule has 0 aromatic heterocycles. The van der Waals surface area contributed by atoms with Gasteiger partial charge in [0.05, 0.1) is 13.2 Å². The highest BCUT2D eigenvalue weighted by Gasteiger charge is 1.98. The van der Waals surface area contributed by atoms with Gasteiger partial charge in [-0.3, -0.25) is 0 Å². The van der Waals surface area contributed by atoms with Crippen molar-refractivity contribution in [3.63, 3.8) is 0 Å². The van der Waals surface area contributed by atoms with Crippen molar-refractivity contribution in [2.45, 2.75) is 64.2 Å². The minimum absolute atomic E-state index is 0.347. The van der Waals surface area contributed by atoms with Gasteiger partial charge in [0.2, 0.25) is 0 Å². The number of hydrogen-bond donors (Lipinski definition) is 2. The number of carbonyl (C=O) groups is 2. The molecule has 0 saturated heterocycles.